The van der Waals surface area contributed by atoms with E-state index in [0.717, 1.165) is 51.3 Å². The smallest absolute Gasteiger partial charge is 0.395 e. The number of fused-ring (bicyclic) bond motifs is 1. The topological polar surface area (TPSA) is 79.6 Å². The first-order valence-electron chi connectivity index (χ1n) is 16.6. The molecule has 10 heteroatoms. The molecule has 1 aliphatic heterocycles. The number of unbranched alkanes of at least 4 members (excludes halogenated alkanes) is 1. The molecule has 2 aromatic rings. The average molecular weight is 639 g/mol. The van der Waals surface area contributed by atoms with Crippen LogP contribution in [0, 0.1) is 57.6 Å². The average Bonchev–Trinajstić information content (AvgIpc) is 3.65. The number of nitriles is 1. The molecular formula is C36H42F4N4O2. The highest BCUT2D eigenvalue weighted by molar-refractivity contribution is 5.89. The summed E-state index contributed by atoms with van der Waals surface area (Å²) in [6, 6.07) is 12.4. The predicted molar refractivity (Wildman–Crippen MR) is 165 cm³/mol. The van der Waals surface area contributed by atoms with Crippen molar-refractivity contribution in [2.75, 3.05) is 38.1 Å². The number of aliphatic hydroxyl groups excluding tert-OH is 1. The first-order chi connectivity index (χ1) is 21.9. The number of nitrogens with zero attached hydrogens (tertiary/aromatic N) is 3. The number of hydrogen-bond acceptors (Lipinski definition) is 4. The normalized spacial score (nSPS) is 33.3. The molecule has 6 nitrogen and oxygen atoms in total. The molecule has 1 heterocycles. The van der Waals surface area contributed by atoms with Gasteiger partial charge >= 0.3 is 12.2 Å². The van der Waals surface area contributed by atoms with Crippen molar-refractivity contribution in [2.45, 2.75) is 64.1 Å². The van der Waals surface area contributed by atoms with Gasteiger partial charge in [0.15, 0.2) is 0 Å². The van der Waals surface area contributed by atoms with E-state index in [1.165, 1.54) is 11.6 Å². The lowest BCUT2D eigenvalue weighted by Gasteiger charge is -2.37. The molecule has 246 valence electrons. The van der Waals surface area contributed by atoms with E-state index in [9.17, 15) is 32.7 Å². The molecule has 4 saturated carbocycles. The fourth-order valence-corrected chi connectivity index (χ4v) is 10.1. The summed E-state index contributed by atoms with van der Waals surface area (Å²) in [6.07, 6.45) is -0.0876. The number of aliphatic hydroxyl groups is 1. The van der Waals surface area contributed by atoms with E-state index in [-0.39, 0.29) is 29.2 Å². The van der Waals surface area contributed by atoms with Gasteiger partial charge in [0, 0.05) is 31.4 Å². The Balaban J connectivity index is 1.02. The molecule has 0 aromatic heterocycles. The van der Waals surface area contributed by atoms with E-state index in [1.807, 2.05) is 12.1 Å². The highest BCUT2D eigenvalue weighted by Crippen LogP contribution is 2.80. The minimum absolute atomic E-state index is 0.0790. The van der Waals surface area contributed by atoms with Gasteiger partial charge in [-0.1, -0.05) is 26.0 Å². The summed E-state index contributed by atoms with van der Waals surface area (Å²) in [6.45, 7) is 7.50. The zero-order valence-electron chi connectivity index (χ0n) is 26.4. The lowest BCUT2D eigenvalue weighted by Crippen LogP contribution is -2.42. The molecule has 2 N–H and O–H groups in total. The molecule has 4 aliphatic carbocycles. The molecular weight excluding hydrogens is 596 g/mol. The number of benzene rings is 2. The number of amides is 2. The second-order valence-electron chi connectivity index (χ2n) is 15.2. The van der Waals surface area contributed by atoms with Gasteiger partial charge in [0.05, 0.1) is 23.8 Å². The van der Waals surface area contributed by atoms with Crippen LogP contribution in [0.15, 0.2) is 42.5 Å². The number of rotatable bonds is 10. The zero-order valence-corrected chi connectivity index (χ0v) is 26.4. The van der Waals surface area contributed by atoms with Gasteiger partial charge in [0.2, 0.25) is 0 Å². The van der Waals surface area contributed by atoms with Crippen molar-refractivity contribution in [3.05, 3.63) is 65.0 Å². The third kappa shape index (κ3) is 5.28. The first kappa shape index (κ1) is 31.4. The highest BCUT2D eigenvalue weighted by Gasteiger charge is 2.73. The van der Waals surface area contributed by atoms with E-state index in [0.29, 0.717) is 60.2 Å². The van der Waals surface area contributed by atoms with Gasteiger partial charge in [-0.25, -0.2) is 9.18 Å². The Labute approximate surface area is 267 Å². The van der Waals surface area contributed by atoms with Crippen LogP contribution in [0.4, 0.5) is 28.0 Å². The fourth-order valence-electron chi connectivity index (χ4n) is 10.1. The van der Waals surface area contributed by atoms with Crippen LogP contribution >= 0.6 is 0 Å². The minimum atomic E-state index is -4.86. The summed E-state index contributed by atoms with van der Waals surface area (Å²) in [5.74, 6) is 1.67. The second-order valence-corrected chi connectivity index (χ2v) is 15.2. The number of urea groups is 1. The van der Waals surface area contributed by atoms with E-state index in [1.54, 1.807) is 4.90 Å². The summed E-state index contributed by atoms with van der Waals surface area (Å²) >= 11 is 0. The number of likely N-dealkylation sites (tertiary alicyclic amines) is 1. The van der Waals surface area contributed by atoms with Crippen LogP contribution in [-0.2, 0) is 6.18 Å². The number of halogens is 4. The Morgan fingerprint density at radius 1 is 1.13 bits per heavy atom. The highest BCUT2D eigenvalue weighted by atomic mass is 19.4. The molecule has 0 spiro atoms. The lowest BCUT2D eigenvalue weighted by molar-refractivity contribution is -0.139. The van der Waals surface area contributed by atoms with Gasteiger partial charge in [0.25, 0.3) is 0 Å². The zero-order chi connectivity index (χ0) is 32.6. The summed E-state index contributed by atoms with van der Waals surface area (Å²) in [7, 11) is 0. The summed E-state index contributed by atoms with van der Waals surface area (Å²) in [5.41, 5.74) is 0.901. The van der Waals surface area contributed by atoms with Crippen LogP contribution in [0.1, 0.15) is 68.6 Å². The third-order valence-electron chi connectivity index (χ3n) is 12.7. The van der Waals surface area contributed by atoms with E-state index in [2.05, 4.69) is 42.3 Å². The van der Waals surface area contributed by atoms with E-state index >= 15 is 0 Å². The molecule has 46 heavy (non-hydrogen) atoms. The van der Waals surface area contributed by atoms with Gasteiger partial charge in [-0.05, 0) is 121 Å². The molecule has 1 saturated heterocycles. The Hall–Kier alpha value is -3.16. The maximum atomic E-state index is 13.9. The molecule has 7 rings (SSSR count). The van der Waals surface area contributed by atoms with Gasteiger partial charge in [-0.2, -0.15) is 18.4 Å². The number of carbonyl (C=O) groups is 1. The predicted octanol–water partition coefficient (Wildman–Crippen LogP) is 7.11. The van der Waals surface area contributed by atoms with Crippen LogP contribution in [0.5, 0.6) is 0 Å². The summed E-state index contributed by atoms with van der Waals surface area (Å²) in [4.78, 5) is 17.8. The van der Waals surface area contributed by atoms with Gasteiger partial charge in [0.1, 0.15) is 5.82 Å². The van der Waals surface area contributed by atoms with Crippen molar-refractivity contribution in [1.82, 2.24) is 9.80 Å². The minimum Gasteiger partial charge on any atom is -0.395 e. The molecule has 2 bridgehead atoms. The molecule has 0 radical (unpaired) electrons. The maximum absolute atomic E-state index is 13.9. The second kappa shape index (κ2) is 11.2. The largest absolute Gasteiger partial charge is 0.419 e. The summed E-state index contributed by atoms with van der Waals surface area (Å²) < 4.78 is 54.1. The SMILES string of the molecule is CC1(C)[C@@H]2[C@@H](CO)N(CCCCN(CC3CC4C(c5ccc(C#N)cc5)CC35CC45)C(=O)Nc3ccc(F)c(C(F)(F)F)c3)C[C@@H]21. The van der Waals surface area contributed by atoms with Crippen molar-refractivity contribution in [3.63, 3.8) is 0 Å². The van der Waals surface area contributed by atoms with Crippen LogP contribution < -0.4 is 5.32 Å². The Bertz CT molecular complexity index is 1540. The Morgan fingerprint density at radius 3 is 2.54 bits per heavy atom. The molecule has 2 amide bonds. The quantitative estimate of drug-likeness (QED) is 0.215. The van der Waals surface area contributed by atoms with Gasteiger partial charge in [-0.15, -0.1) is 0 Å². The Morgan fingerprint density at radius 2 is 1.89 bits per heavy atom. The van der Waals surface area contributed by atoms with Crippen molar-refractivity contribution in [3.8, 4) is 6.07 Å². The van der Waals surface area contributed by atoms with Gasteiger partial charge in [-0.3, -0.25) is 4.90 Å². The Kier molecular flexibility index (Phi) is 7.67. The van der Waals surface area contributed by atoms with Crippen molar-refractivity contribution >= 4 is 11.7 Å². The van der Waals surface area contributed by atoms with Crippen molar-refractivity contribution < 1.29 is 27.5 Å². The third-order valence-corrected chi connectivity index (χ3v) is 12.7. The number of carbonyl (C=O) groups excluding carboxylic acids is 1. The molecule has 8 atom stereocenters. The first-order valence-corrected chi connectivity index (χ1v) is 16.6. The number of nitrogens with one attached hydrogen (secondary N) is 1. The van der Waals surface area contributed by atoms with Crippen LogP contribution in [0.3, 0.4) is 0 Å². The summed E-state index contributed by atoms with van der Waals surface area (Å²) in [5, 5.41) is 21.9. The van der Waals surface area contributed by atoms with Crippen LogP contribution in [0.25, 0.3) is 0 Å². The van der Waals surface area contributed by atoms with Gasteiger partial charge < -0.3 is 15.3 Å². The molecule has 5 unspecified atom stereocenters. The van der Waals surface area contributed by atoms with Crippen molar-refractivity contribution in [1.29, 1.82) is 5.26 Å². The van der Waals surface area contributed by atoms with Crippen LogP contribution in [-0.4, -0.2) is 59.8 Å². The lowest BCUT2D eigenvalue weighted by atomic mass is 9.71. The standard InChI is InChI=1S/C36H42F4N4O2/c1-34(2)29-19-43(31(20-45)32(29)34)11-3-4-12-44(33(46)42-24-9-10-30(37)27(14-24)36(38,39)40)18-23-13-25-26(15-35(23)16-28(25)35)22-7-5-21(17-41)6-8-22/h5-10,14,23,25-26,28-29,31-32,45H,3-4,11-13,15-16,18-20H2,1-2H3,(H,42,46)/t23?,25?,26?,28?,29-,31+,32-,35?/m0/s1. The monoisotopic (exact) mass is 638 g/mol. The fraction of sp³-hybridized carbons (Fsp3) is 0.611. The molecule has 5 fully saturated rings. The molecule has 5 aliphatic rings. The number of anilines is 1. The van der Waals surface area contributed by atoms with E-state index < -0.39 is 23.6 Å². The van der Waals surface area contributed by atoms with Crippen LogP contribution in [0.2, 0.25) is 0 Å². The van der Waals surface area contributed by atoms with Crippen molar-refractivity contribution in [2.24, 2.45) is 40.4 Å². The maximum Gasteiger partial charge on any atom is 0.419 e. The number of alkyl halides is 3. The molecule has 2 aromatic carbocycles. The number of hydrogen-bond donors (Lipinski definition) is 2. The number of piperidine rings is 1. The van der Waals surface area contributed by atoms with E-state index in [4.69, 9.17) is 0 Å².